The standard InChI is InChI=1S/C60H47NS/c1-59(2)51-25-9-5-20-44(51)49-36-40(30-32-53(49)59)38-16-13-18-42(34-38)61(43-19-14-17-39(35-43)41-31-33-57-50(37-41)46-22-8-12-29-56(46)62-57)55-28-11-7-21-45(55)47-24-15-27-54-58(47)48-23-6-10-26-52(48)60(54,3)4/h5-37,46,56H,1-4H3. The van der Waals surface area contributed by atoms with Gasteiger partial charge in [0, 0.05) is 43.8 Å². The molecule has 62 heavy (non-hydrogen) atoms. The van der Waals surface area contributed by atoms with Gasteiger partial charge in [-0.05, 0) is 126 Å². The van der Waals surface area contributed by atoms with Crippen molar-refractivity contribution >= 4 is 28.8 Å². The van der Waals surface area contributed by atoms with E-state index in [-0.39, 0.29) is 10.8 Å². The van der Waals surface area contributed by atoms with Crippen LogP contribution in [0.3, 0.4) is 0 Å². The number of fused-ring (bicyclic) bond motifs is 9. The van der Waals surface area contributed by atoms with Gasteiger partial charge in [0.05, 0.1) is 5.69 Å². The van der Waals surface area contributed by atoms with E-state index < -0.39 is 0 Å². The van der Waals surface area contributed by atoms with Gasteiger partial charge in [0.25, 0.3) is 0 Å². The van der Waals surface area contributed by atoms with Crippen LogP contribution in [0, 0.1) is 0 Å². The van der Waals surface area contributed by atoms with E-state index in [9.17, 15) is 0 Å². The Bertz CT molecular complexity index is 3200. The highest BCUT2D eigenvalue weighted by Gasteiger charge is 2.38. The summed E-state index contributed by atoms with van der Waals surface area (Å²) in [7, 11) is 0. The highest BCUT2D eigenvalue weighted by Crippen LogP contribution is 2.55. The maximum atomic E-state index is 2.49. The Morgan fingerprint density at radius 3 is 1.74 bits per heavy atom. The summed E-state index contributed by atoms with van der Waals surface area (Å²) in [6.07, 6.45) is 9.12. The molecule has 0 spiro atoms. The molecule has 1 heterocycles. The van der Waals surface area contributed by atoms with Gasteiger partial charge in [-0.3, -0.25) is 0 Å². The normalized spacial score (nSPS) is 17.7. The first kappa shape index (κ1) is 37.2. The number of nitrogens with zero attached hydrogens (tertiary/aromatic N) is 1. The number of benzene rings is 8. The van der Waals surface area contributed by atoms with Gasteiger partial charge in [0.2, 0.25) is 0 Å². The van der Waals surface area contributed by atoms with Crippen LogP contribution in [0.5, 0.6) is 0 Å². The van der Waals surface area contributed by atoms with Crippen molar-refractivity contribution in [2.45, 2.75) is 54.6 Å². The highest BCUT2D eigenvalue weighted by molar-refractivity contribution is 8.00. The Labute approximate surface area is 370 Å². The zero-order valence-corrected chi connectivity index (χ0v) is 36.4. The summed E-state index contributed by atoms with van der Waals surface area (Å²) in [6, 6.07) is 66.4. The fourth-order valence-corrected chi connectivity index (χ4v) is 12.4. The summed E-state index contributed by atoms with van der Waals surface area (Å²) in [5.74, 6) is 0.413. The zero-order valence-electron chi connectivity index (χ0n) is 35.6. The first-order chi connectivity index (χ1) is 30.3. The molecule has 1 aliphatic heterocycles. The summed E-state index contributed by atoms with van der Waals surface area (Å²) in [5.41, 5.74) is 22.9. The molecule has 3 aliphatic carbocycles. The molecule has 0 aromatic heterocycles. The van der Waals surface area contributed by atoms with Crippen LogP contribution in [-0.2, 0) is 10.8 Å². The number of thioether (sulfide) groups is 1. The van der Waals surface area contributed by atoms with Gasteiger partial charge in [-0.15, -0.1) is 11.8 Å². The van der Waals surface area contributed by atoms with Gasteiger partial charge >= 0.3 is 0 Å². The van der Waals surface area contributed by atoms with Crippen molar-refractivity contribution in [1.82, 2.24) is 0 Å². The van der Waals surface area contributed by atoms with E-state index in [1.54, 1.807) is 0 Å². The highest BCUT2D eigenvalue weighted by atomic mass is 32.2. The topological polar surface area (TPSA) is 3.24 Å². The van der Waals surface area contributed by atoms with Crippen LogP contribution in [0.4, 0.5) is 17.1 Å². The molecule has 2 atom stereocenters. The quantitative estimate of drug-likeness (QED) is 0.165. The molecule has 0 saturated heterocycles. The van der Waals surface area contributed by atoms with Crippen LogP contribution in [0.15, 0.2) is 205 Å². The Hall–Kier alpha value is -6.61. The number of hydrogen-bond donors (Lipinski definition) is 0. The van der Waals surface area contributed by atoms with Gasteiger partial charge in [-0.2, -0.15) is 0 Å². The molecular weight excluding hydrogens is 767 g/mol. The van der Waals surface area contributed by atoms with Gasteiger partial charge in [-0.25, -0.2) is 0 Å². The molecular formula is C60H47NS. The minimum absolute atomic E-state index is 0.0330. The molecule has 2 unspecified atom stereocenters. The van der Waals surface area contributed by atoms with Crippen LogP contribution in [0.1, 0.15) is 61.4 Å². The van der Waals surface area contributed by atoms with Crippen LogP contribution >= 0.6 is 11.8 Å². The predicted molar refractivity (Wildman–Crippen MR) is 263 cm³/mol. The lowest BCUT2D eigenvalue weighted by Gasteiger charge is -2.29. The summed E-state index contributed by atoms with van der Waals surface area (Å²) in [5, 5.41) is 0.472. The molecule has 0 N–H and O–H groups in total. The molecule has 0 bridgehead atoms. The number of hydrogen-bond acceptors (Lipinski definition) is 2. The minimum atomic E-state index is -0.0943. The van der Waals surface area contributed by atoms with Crippen LogP contribution in [0.2, 0.25) is 0 Å². The van der Waals surface area contributed by atoms with Crippen molar-refractivity contribution in [3.05, 3.63) is 228 Å². The molecule has 2 heteroatoms. The average Bonchev–Trinajstić information content (AvgIpc) is 3.89. The monoisotopic (exact) mass is 813 g/mol. The van der Waals surface area contributed by atoms with E-state index in [2.05, 4.69) is 233 Å². The third-order valence-electron chi connectivity index (χ3n) is 14.2. The zero-order chi connectivity index (χ0) is 41.7. The van der Waals surface area contributed by atoms with Crippen molar-refractivity contribution in [2.75, 3.05) is 4.90 Å². The van der Waals surface area contributed by atoms with Gasteiger partial charge in [0.15, 0.2) is 0 Å². The molecule has 4 aliphatic rings. The molecule has 0 amide bonds. The van der Waals surface area contributed by atoms with Crippen molar-refractivity contribution in [3.63, 3.8) is 0 Å². The number of anilines is 3. The molecule has 0 saturated carbocycles. The SMILES string of the molecule is CC1(C)c2ccccc2-c2cc(-c3cccc(N(c4cccc(-c5ccc6c(c5)C5C=CC=CC5S6)c4)c4ccccc4-c4cccc5c4-c4ccccc4C5(C)C)c3)ccc21. The molecule has 0 fully saturated rings. The Morgan fingerprint density at radius 1 is 0.419 bits per heavy atom. The van der Waals surface area contributed by atoms with E-state index in [0.717, 1.165) is 17.1 Å². The van der Waals surface area contributed by atoms with Crippen molar-refractivity contribution in [3.8, 4) is 55.6 Å². The summed E-state index contributed by atoms with van der Waals surface area (Å²) in [6.45, 7) is 9.44. The molecule has 12 rings (SSSR count). The van der Waals surface area contributed by atoms with E-state index in [1.165, 1.54) is 88.3 Å². The molecule has 8 aromatic carbocycles. The van der Waals surface area contributed by atoms with Gasteiger partial charge in [0.1, 0.15) is 0 Å². The summed E-state index contributed by atoms with van der Waals surface area (Å²) < 4.78 is 0. The largest absolute Gasteiger partial charge is 0.310 e. The number of para-hydroxylation sites is 1. The average molecular weight is 814 g/mol. The summed E-state index contributed by atoms with van der Waals surface area (Å²) in [4.78, 5) is 3.88. The Morgan fingerprint density at radius 2 is 0.968 bits per heavy atom. The fourth-order valence-electron chi connectivity index (χ4n) is 11.1. The van der Waals surface area contributed by atoms with E-state index in [1.807, 2.05) is 11.8 Å². The van der Waals surface area contributed by atoms with E-state index >= 15 is 0 Å². The second-order valence-corrected chi connectivity index (χ2v) is 19.6. The lowest BCUT2D eigenvalue weighted by Crippen LogP contribution is -2.15. The molecule has 8 aromatic rings. The predicted octanol–water partition coefficient (Wildman–Crippen LogP) is 16.5. The summed E-state index contributed by atoms with van der Waals surface area (Å²) >= 11 is 1.99. The van der Waals surface area contributed by atoms with Crippen LogP contribution < -0.4 is 4.90 Å². The van der Waals surface area contributed by atoms with Gasteiger partial charge in [-0.1, -0.05) is 179 Å². The first-order valence-electron chi connectivity index (χ1n) is 22.0. The molecule has 298 valence electrons. The van der Waals surface area contributed by atoms with Gasteiger partial charge < -0.3 is 4.90 Å². The van der Waals surface area contributed by atoms with Crippen LogP contribution in [0.25, 0.3) is 55.6 Å². The third-order valence-corrected chi connectivity index (χ3v) is 15.6. The molecule has 0 radical (unpaired) electrons. The van der Waals surface area contributed by atoms with Crippen molar-refractivity contribution in [2.24, 2.45) is 0 Å². The lowest BCUT2D eigenvalue weighted by molar-refractivity contribution is 0.660. The third kappa shape index (κ3) is 5.63. The first-order valence-corrected chi connectivity index (χ1v) is 22.9. The van der Waals surface area contributed by atoms with Crippen molar-refractivity contribution < 1.29 is 0 Å². The van der Waals surface area contributed by atoms with Crippen LogP contribution in [-0.4, -0.2) is 5.25 Å². The lowest BCUT2D eigenvalue weighted by atomic mass is 9.82. The maximum absolute atomic E-state index is 2.49. The molecule has 1 nitrogen and oxygen atoms in total. The second-order valence-electron chi connectivity index (χ2n) is 18.4. The van der Waals surface area contributed by atoms with Crippen molar-refractivity contribution in [1.29, 1.82) is 0 Å². The number of rotatable bonds is 6. The maximum Gasteiger partial charge on any atom is 0.0540 e. The smallest absolute Gasteiger partial charge is 0.0540 e. The minimum Gasteiger partial charge on any atom is -0.310 e. The fraction of sp³-hybridized carbons (Fsp3) is 0.133. The Kier molecular flexibility index (Phi) is 8.37. The van der Waals surface area contributed by atoms with E-state index in [0.29, 0.717) is 11.2 Å². The van der Waals surface area contributed by atoms with E-state index in [4.69, 9.17) is 0 Å². The second kappa shape index (κ2) is 14.0. The number of allylic oxidation sites excluding steroid dienone is 3. The Balaban J connectivity index is 1.03.